The van der Waals surface area contributed by atoms with Crippen molar-refractivity contribution in [2.75, 3.05) is 13.2 Å². The van der Waals surface area contributed by atoms with Gasteiger partial charge in [0.2, 0.25) is 0 Å². The van der Waals surface area contributed by atoms with Crippen molar-refractivity contribution in [3.63, 3.8) is 0 Å². The Bertz CT molecular complexity index is 340. The zero-order valence-electron chi connectivity index (χ0n) is 18.0. The van der Waals surface area contributed by atoms with Crippen LogP contribution in [0.2, 0.25) is 0 Å². The molecule has 26 heavy (non-hydrogen) atoms. The van der Waals surface area contributed by atoms with E-state index >= 15 is 0 Å². The topological polar surface area (TPSA) is 52.6 Å². The van der Waals surface area contributed by atoms with Crippen molar-refractivity contribution in [3.05, 3.63) is 0 Å². The fourth-order valence-corrected chi connectivity index (χ4v) is 2.86. The average Bonchev–Trinajstić information content (AvgIpc) is 2.53. The summed E-state index contributed by atoms with van der Waals surface area (Å²) in [7, 11) is 0. The van der Waals surface area contributed by atoms with Crippen molar-refractivity contribution < 1.29 is 19.1 Å². The number of rotatable bonds is 14. The molecule has 0 aromatic heterocycles. The van der Waals surface area contributed by atoms with Gasteiger partial charge in [-0.05, 0) is 36.5 Å². The van der Waals surface area contributed by atoms with Gasteiger partial charge in [0.05, 0.1) is 13.2 Å². The Kier molecular flexibility index (Phi) is 14.4. The van der Waals surface area contributed by atoms with Crippen LogP contribution < -0.4 is 0 Å². The van der Waals surface area contributed by atoms with Crippen molar-refractivity contribution in [2.24, 2.45) is 23.7 Å². The number of hydrogen-bond acceptors (Lipinski definition) is 4. The molecule has 0 radical (unpaired) electrons. The molecule has 0 saturated heterocycles. The van der Waals surface area contributed by atoms with Crippen molar-refractivity contribution in [2.45, 2.75) is 92.9 Å². The largest absolute Gasteiger partial charge is 0.457 e. The molecule has 0 heterocycles. The van der Waals surface area contributed by atoms with Gasteiger partial charge in [0.1, 0.15) is 0 Å². The van der Waals surface area contributed by atoms with Crippen molar-refractivity contribution >= 4 is 11.9 Å². The van der Waals surface area contributed by atoms with Crippen LogP contribution in [0.4, 0.5) is 0 Å². The van der Waals surface area contributed by atoms with E-state index in [4.69, 9.17) is 9.47 Å². The van der Waals surface area contributed by atoms with Gasteiger partial charge in [-0.3, -0.25) is 0 Å². The molecule has 0 amide bonds. The highest BCUT2D eigenvalue weighted by Gasteiger charge is 2.18. The molecular formula is C22H42O4. The molecule has 4 heteroatoms. The highest BCUT2D eigenvalue weighted by Crippen LogP contribution is 2.16. The number of ether oxygens (including phenoxy) is 2. The Morgan fingerprint density at radius 3 is 1.23 bits per heavy atom. The predicted molar refractivity (Wildman–Crippen MR) is 107 cm³/mol. The predicted octanol–water partition coefficient (Wildman–Crippen LogP) is 5.78. The standard InChI is InChI=1S/C22H42O4/c1-17(2)9-7-11-19(5)13-15-25-21(23)22(24)26-16-14-20(6)12-8-10-18(3)4/h17-20H,7-16H2,1-6H3. The summed E-state index contributed by atoms with van der Waals surface area (Å²) in [5.74, 6) is 0.757. The van der Waals surface area contributed by atoms with Crippen LogP contribution in [0.3, 0.4) is 0 Å². The molecular weight excluding hydrogens is 328 g/mol. The lowest BCUT2D eigenvalue weighted by Gasteiger charge is -2.13. The Morgan fingerprint density at radius 2 is 0.923 bits per heavy atom. The molecule has 0 rings (SSSR count). The van der Waals surface area contributed by atoms with E-state index in [-0.39, 0.29) is 0 Å². The van der Waals surface area contributed by atoms with Crippen LogP contribution in [0.1, 0.15) is 92.9 Å². The molecule has 0 aliphatic carbocycles. The molecule has 0 fully saturated rings. The maximum atomic E-state index is 11.7. The van der Waals surface area contributed by atoms with Gasteiger partial charge in [0.15, 0.2) is 0 Å². The second-order valence-corrected chi connectivity index (χ2v) is 8.71. The van der Waals surface area contributed by atoms with E-state index in [2.05, 4.69) is 41.5 Å². The minimum atomic E-state index is -0.855. The third-order valence-electron chi connectivity index (χ3n) is 4.81. The summed E-state index contributed by atoms with van der Waals surface area (Å²) in [6.07, 6.45) is 8.71. The van der Waals surface area contributed by atoms with Crippen LogP contribution in [-0.2, 0) is 19.1 Å². The first kappa shape index (κ1) is 24.9. The smallest absolute Gasteiger partial charge is 0.417 e. The number of carbonyl (C=O) groups excluding carboxylic acids is 2. The Labute approximate surface area is 161 Å². The fraction of sp³-hybridized carbons (Fsp3) is 0.909. The van der Waals surface area contributed by atoms with Gasteiger partial charge in [-0.15, -0.1) is 0 Å². The molecule has 0 aromatic carbocycles. The number of hydrogen-bond donors (Lipinski definition) is 0. The van der Waals surface area contributed by atoms with E-state index in [0.29, 0.717) is 25.0 Å². The normalized spacial score (nSPS) is 13.7. The lowest BCUT2D eigenvalue weighted by molar-refractivity contribution is -0.168. The lowest BCUT2D eigenvalue weighted by atomic mass is 9.98. The van der Waals surface area contributed by atoms with Gasteiger partial charge in [-0.1, -0.05) is 80.1 Å². The SMILES string of the molecule is CC(C)CCCC(C)CCOC(=O)C(=O)OCCC(C)CCCC(C)C. The van der Waals surface area contributed by atoms with E-state index in [1.165, 1.54) is 25.7 Å². The zero-order chi connectivity index (χ0) is 19.9. The molecule has 2 atom stereocenters. The van der Waals surface area contributed by atoms with Crippen LogP contribution in [0.25, 0.3) is 0 Å². The quantitative estimate of drug-likeness (QED) is 0.287. The minimum absolute atomic E-state index is 0.294. The highest BCUT2D eigenvalue weighted by atomic mass is 16.6. The number of esters is 2. The highest BCUT2D eigenvalue weighted by molar-refractivity contribution is 6.29. The van der Waals surface area contributed by atoms with E-state index < -0.39 is 11.9 Å². The summed E-state index contributed by atoms with van der Waals surface area (Å²) in [5.41, 5.74) is 0. The fourth-order valence-electron chi connectivity index (χ4n) is 2.86. The summed E-state index contributed by atoms with van der Waals surface area (Å²) in [5, 5.41) is 0. The maximum Gasteiger partial charge on any atom is 0.417 e. The third kappa shape index (κ3) is 15.2. The Morgan fingerprint density at radius 1 is 0.577 bits per heavy atom. The van der Waals surface area contributed by atoms with Crippen LogP contribution in [0.5, 0.6) is 0 Å². The van der Waals surface area contributed by atoms with Crippen LogP contribution in [0, 0.1) is 23.7 Å². The summed E-state index contributed by atoms with van der Waals surface area (Å²) in [6.45, 7) is 13.8. The van der Waals surface area contributed by atoms with Gasteiger partial charge in [-0.2, -0.15) is 0 Å². The van der Waals surface area contributed by atoms with Crippen LogP contribution in [0.15, 0.2) is 0 Å². The van der Waals surface area contributed by atoms with Gasteiger partial charge in [0.25, 0.3) is 0 Å². The molecule has 0 spiro atoms. The summed E-state index contributed by atoms with van der Waals surface area (Å²) in [4.78, 5) is 23.3. The van der Waals surface area contributed by atoms with Gasteiger partial charge in [-0.25, -0.2) is 9.59 Å². The molecule has 0 aliphatic rings. The van der Waals surface area contributed by atoms with Crippen molar-refractivity contribution in [1.29, 1.82) is 0 Å². The van der Waals surface area contributed by atoms with E-state index in [0.717, 1.165) is 37.5 Å². The average molecular weight is 371 g/mol. The minimum Gasteiger partial charge on any atom is -0.457 e. The van der Waals surface area contributed by atoms with Crippen LogP contribution in [-0.4, -0.2) is 25.2 Å². The third-order valence-corrected chi connectivity index (χ3v) is 4.81. The molecule has 0 bridgehead atoms. The molecule has 0 saturated carbocycles. The zero-order valence-corrected chi connectivity index (χ0v) is 18.0. The second-order valence-electron chi connectivity index (χ2n) is 8.71. The summed E-state index contributed by atoms with van der Waals surface area (Å²) < 4.78 is 10.1. The monoisotopic (exact) mass is 370 g/mol. The van der Waals surface area contributed by atoms with Gasteiger partial charge in [0, 0.05) is 0 Å². The molecule has 154 valence electrons. The van der Waals surface area contributed by atoms with Crippen molar-refractivity contribution in [3.8, 4) is 0 Å². The van der Waals surface area contributed by atoms with Gasteiger partial charge >= 0.3 is 11.9 Å². The summed E-state index contributed by atoms with van der Waals surface area (Å²) >= 11 is 0. The second kappa shape index (κ2) is 15.0. The van der Waals surface area contributed by atoms with E-state index in [1.807, 2.05) is 0 Å². The first-order chi connectivity index (χ1) is 12.2. The van der Waals surface area contributed by atoms with E-state index in [9.17, 15) is 9.59 Å². The van der Waals surface area contributed by atoms with E-state index in [1.54, 1.807) is 0 Å². The Balaban J connectivity index is 3.71. The summed E-state index contributed by atoms with van der Waals surface area (Å²) in [6, 6.07) is 0. The van der Waals surface area contributed by atoms with Crippen molar-refractivity contribution in [1.82, 2.24) is 0 Å². The molecule has 2 unspecified atom stereocenters. The molecule has 4 nitrogen and oxygen atoms in total. The lowest BCUT2D eigenvalue weighted by Crippen LogP contribution is -2.22. The van der Waals surface area contributed by atoms with Gasteiger partial charge < -0.3 is 9.47 Å². The molecule has 0 aromatic rings. The first-order valence-electron chi connectivity index (χ1n) is 10.6. The van der Waals surface area contributed by atoms with Crippen LogP contribution >= 0.6 is 0 Å². The molecule has 0 aliphatic heterocycles. The Hall–Kier alpha value is -1.06. The molecule has 0 N–H and O–H groups in total. The first-order valence-corrected chi connectivity index (χ1v) is 10.6. The number of carbonyl (C=O) groups is 2. The maximum absolute atomic E-state index is 11.7.